The standard InChI is InChI=1S/C31H29N3O4/c1-17-15-18(2)25-22(16-17)31(29(37)33-25)27(26(35)19-10-12-20(38-3)13-11-19)30(24-9-6-14-34(24)31)21-7-4-5-8-23(21)32-28(30)36/h4-5,7-8,10-13,15-16,24,27H,6,9,14H2,1-3H3,(H,32,36)(H,33,37)/t24-,27+,30+,31+/m1/s1. The third-order valence-electron chi connectivity index (χ3n) is 9.21. The maximum atomic E-state index is 14.9. The molecule has 0 aliphatic carbocycles. The number of carbonyl (C=O) groups is 3. The minimum atomic E-state index is -1.31. The van der Waals surface area contributed by atoms with E-state index >= 15 is 0 Å². The summed E-state index contributed by atoms with van der Waals surface area (Å²) < 4.78 is 5.33. The molecule has 0 bridgehead atoms. The van der Waals surface area contributed by atoms with Crippen LogP contribution in [0, 0.1) is 19.8 Å². The highest BCUT2D eigenvalue weighted by atomic mass is 16.5. The predicted molar refractivity (Wildman–Crippen MR) is 144 cm³/mol. The Kier molecular flexibility index (Phi) is 4.74. The van der Waals surface area contributed by atoms with Crippen LogP contribution in [0.5, 0.6) is 5.75 Å². The molecule has 38 heavy (non-hydrogen) atoms. The third-order valence-corrected chi connectivity index (χ3v) is 9.21. The molecule has 7 rings (SSSR count). The fourth-order valence-electron chi connectivity index (χ4n) is 7.92. The van der Waals surface area contributed by atoms with Gasteiger partial charge in [-0.25, -0.2) is 0 Å². The van der Waals surface area contributed by atoms with Gasteiger partial charge >= 0.3 is 0 Å². The second-order valence-corrected chi connectivity index (χ2v) is 11.0. The summed E-state index contributed by atoms with van der Waals surface area (Å²) in [7, 11) is 1.58. The van der Waals surface area contributed by atoms with E-state index in [2.05, 4.69) is 15.5 Å². The number of hydrogen-bond acceptors (Lipinski definition) is 5. The van der Waals surface area contributed by atoms with Gasteiger partial charge in [-0.15, -0.1) is 0 Å². The number of nitrogens with zero attached hydrogens (tertiary/aromatic N) is 1. The molecule has 4 aliphatic rings. The topological polar surface area (TPSA) is 87.7 Å². The van der Waals surface area contributed by atoms with E-state index in [4.69, 9.17) is 4.74 Å². The first-order valence-corrected chi connectivity index (χ1v) is 13.1. The molecular formula is C31H29N3O4. The molecule has 2 spiro atoms. The zero-order chi connectivity index (χ0) is 26.4. The first-order valence-electron chi connectivity index (χ1n) is 13.1. The van der Waals surface area contributed by atoms with E-state index < -0.39 is 16.9 Å². The Bertz CT molecular complexity index is 1550. The average Bonchev–Trinajstić information content (AvgIpc) is 3.63. The van der Waals surface area contributed by atoms with E-state index in [-0.39, 0.29) is 23.6 Å². The number of carbonyl (C=O) groups excluding carboxylic acids is 3. The summed E-state index contributed by atoms with van der Waals surface area (Å²) in [5, 5.41) is 6.25. The van der Waals surface area contributed by atoms with Gasteiger partial charge in [0.2, 0.25) is 11.8 Å². The lowest BCUT2D eigenvalue weighted by Gasteiger charge is -2.38. The molecule has 2 amide bonds. The molecule has 4 aliphatic heterocycles. The van der Waals surface area contributed by atoms with Crippen LogP contribution in [-0.4, -0.2) is 42.2 Å². The Hall–Kier alpha value is -3.97. The molecule has 0 aromatic heterocycles. The highest BCUT2D eigenvalue weighted by molar-refractivity contribution is 6.19. The zero-order valence-electron chi connectivity index (χ0n) is 21.6. The molecule has 0 unspecified atom stereocenters. The van der Waals surface area contributed by atoms with Gasteiger partial charge in [-0.2, -0.15) is 0 Å². The van der Waals surface area contributed by atoms with Gasteiger partial charge in [0.1, 0.15) is 16.7 Å². The van der Waals surface area contributed by atoms with Crippen molar-refractivity contribution in [1.82, 2.24) is 4.90 Å². The Morgan fingerprint density at radius 3 is 2.50 bits per heavy atom. The SMILES string of the molecule is COc1ccc(C(=O)[C@H]2[C@@]3(C(=O)Nc4ccccc43)[C@H]3CCCN3[C@]23C(=O)Nc2c(C)cc(C)cc23)cc1. The van der Waals surface area contributed by atoms with Crippen LogP contribution in [0.3, 0.4) is 0 Å². The lowest BCUT2D eigenvalue weighted by Crippen LogP contribution is -2.55. The van der Waals surface area contributed by atoms with Gasteiger partial charge < -0.3 is 15.4 Å². The number of para-hydroxylation sites is 1. The first-order chi connectivity index (χ1) is 18.3. The Balaban J connectivity index is 1.57. The molecule has 3 aromatic rings. The third kappa shape index (κ3) is 2.59. The van der Waals surface area contributed by atoms with Gasteiger partial charge in [-0.3, -0.25) is 19.3 Å². The summed E-state index contributed by atoms with van der Waals surface area (Å²) >= 11 is 0. The summed E-state index contributed by atoms with van der Waals surface area (Å²) in [6.45, 7) is 4.62. The smallest absolute Gasteiger partial charge is 0.250 e. The predicted octanol–water partition coefficient (Wildman–Crippen LogP) is 4.33. The Morgan fingerprint density at radius 2 is 1.74 bits per heavy atom. The van der Waals surface area contributed by atoms with Crippen molar-refractivity contribution >= 4 is 29.0 Å². The summed E-state index contributed by atoms with van der Waals surface area (Å²) in [5.41, 5.74) is 2.98. The molecular weight excluding hydrogens is 478 g/mol. The van der Waals surface area contributed by atoms with Crippen LogP contribution in [0.2, 0.25) is 0 Å². The van der Waals surface area contributed by atoms with Crippen molar-refractivity contribution in [3.8, 4) is 5.75 Å². The molecule has 0 radical (unpaired) electrons. The summed E-state index contributed by atoms with van der Waals surface area (Å²) in [4.78, 5) is 45.7. The summed E-state index contributed by atoms with van der Waals surface area (Å²) in [5.74, 6) is -0.966. The average molecular weight is 508 g/mol. The number of amides is 2. The Morgan fingerprint density at radius 1 is 0.974 bits per heavy atom. The molecule has 7 nitrogen and oxygen atoms in total. The van der Waals surface area contributed by atoms with Crippen LogP contribution in [0.15, 0.2) is 60.7 Å². The number of ether oxygens (including phenoxy) is 1. The molecule has 192 valence electrons. The quantitative estimate of drug-likeness (QED) is 0.516. The number of nitrogens with one attached hydrogen (secondary N) is 2. The number of anilines is 2. The van der Waals surface area contributed by atoms with Crippen molar-refractivity contribution in [2.75, 3.05) is 24.3 Å². The zero-order valence-corrected chi connectivity index (χ0v) is 21.6. The second kappa shape index (κ2) is 7.77. The van der Waals surface area contributed by atoms with Crippen LogP contribution < -0.4 is 15.4 Å². The summed E-state index contributed by atoms with van der Waals surface area (Å²) in [6, 6.07) is 18.4. The lowest BCUT2D eigenvalue weighted by molar-refractivity contribution is -0.128. The van der Waals surface area contributed by atoms with Crippen molar-refractivity contribution in [3.63, 3.8) is 0 Å². The number of fused-ring (bicyclic) bond motifs is 7. The van der Waals surface area contributed by atoms with Crippen molar-refractivity contribution in [1.29, 1.82) is 0 Å². The summed E-state index contributed by atoms with van der Waals surface area (Å²) in [6.07, 6.45) is 1.57. The molecule has 2 fully saturated rings. The minimum Gasteiger partial charge on any atom is -0.497 e. The van der Waals surface area contributed by atoms with E-state index in [1.165, 1.54) is 0 Å². The first kappa shape index (κ1) is 23.2. The maximum absolute atomic E-state index is 14.9. The van der Waals surface area contributed by atoms with E-state index in [1.807, 2.05) is 50.2 Å². The minimum absolute atomic E-state index is 0.204. The van der Waals surface area contributed by atoms with Gasteiger partial charge in [0.15, 0.2) is 5.78 Å². The van der Waals surface area contributed by atoms with Crippen LogP contribution >= 0.6 is 0 Å². The molecule has 4 atom stereocenters. The van der Waals surface area contributed by atoms with E-state index in [9.17, 15) is 14.4 Å². The van der Waals surface area contributed by atoms with Crippen LogP contribution in [-0.2, 0) is 20.5 Å². The molecule has 0 saturated carbocycles. The van der Waals surface area contributed by atoms with Crippen LogP contribution in [0.1, 0.15) is 45.5 Å². The highest BCUT2D eigenvalue weighted by Gasteiger charge is 2.78. The largest absolute Gasteiger partial charge is 0.497 e. The number of aryl methyl sites for hydroxylation is 2. The fourth-order valence-corrected chi connectivity index (χ4v) is 7.92. The van der Waals surface area contributed by atoms with Gasteiger partial charge in [-0.05, 0) is 74.7 Å². The van der Waals surface area contributed by atoms with Crippen LogP contribution in [0.4, 0.5) is 11.4 Å². The van der Waals surface area contributed by atoms with Crippen molar-refractivity contribution in [2.24, 2.45) is 5.92 Å². The van der Waals surface area contributed by atoms with Crippen molar-refractivity contribution in [3.05, 3.63) is 88.5 Å². The van der Waals surface area contributed by atoms with Gasteiger partial charge in [0.05, 0.1) is 13.0 Å². The molecule has 2 saturated heterocycles. The number of rotatable bonds is 3. The molecule has 7 heteroatoms. The molecule has 3 aromatic carbocycles. The number of hydrogen-bond donors (Lipinski definition) is 2. The fraction of sp³-hybridized carbons (Fsp3) is 0.323. The number of methoxy groups -OCH3 is 1. The number of benzene rings is 3. The molecule has 2 N–H and O–H groups in total. The van der Waals surface area contributed by atoms with E-state index in [0.29, 0.717) is 23.5 Å². The van der Waals surface area contributed by atoms with Gasteiger partial charge in [0.25, 0.3) is 0 Å². The van der Waals surface area contributed by atoms with Crippen molar-refractivity contribution < 1.29 is 19.1 Å². The van der Waals surface area contributed by atoms with Gasteiger partial charge in [-0.1, -0.05) is 35.9 Å². The number of Topliss-reactive ketones (excluding diaryl/α,β-unsaturated/α-hetero) is 1. The Labute approximate surface area is 221 Å². The van der Waals surface area contributed by atoms with Crippen LogP contribution in [0.25, 0.3) is 0 Å². The molecule has 4 heterocycles. The van der Waals surface area contributed by atoms with E-state index in [0.717, 1.165) is 40.8 Å². The van der Waals surface area contributed by atoms with E-state index in [1.54, 1.807) is 31.4 Å². The maximum Gasteiger partial charge on any atom is 0.250 e. The number of ketones is 1. The highest BCUT2D eigenvalue weighted by Crippen LogP contribution is 2.66. The second-order valence-electron chi connectivity index (χ2n) is 11.0. The van der Waals surface area contributed by atoms with Crippen molar-refractivity contribution in [2.45, 2.75) is 43.7 Å². The normalized spacial score (nSPS) is 28.8. The monoisotopic (exact) mass is 507 g/mol. The van der Waals surface area contributed by atoms with Gasteiger partial charge in [0, 0.05) is 28.5 Å². The lowest BCUT2D eigenvalue weighted by atomic mass is 9.59.